The summed E-state index contributed by atoms with van der Waals surface area (Å²) >= 11 is 1.88. The third kappa shape index (κ3) is 3.24. The summed E-state index contributed by atoms with van der Waals surface area (Å²) in [5.41, 5.74) is 2.57. The average Bonchev–Trinajstić information content (AvgIpc) is 3.00. The SMILES string of the molecule is C(=NCCCc1ccc2sc3ccccc3c2c1)c1ccccc1. The molecule has 0 atom stereocenters. The minimum absolute atomic E-state index is 0.872. The first kappa shape index (κ1) is 15.1. The van der Waals surface area contributed by atoms with Crippen molar-refractivity contribution in [3.63, 3.8) is 0 Å². The second kappa shape index (κ2) is 6.98. The van der Waals surface area contributed by atoms with Gasteiger partial charge < -0.3 is 0 Å². The third-order valence-corrected chi connectivity index (χ3v) is 5.39. The van der Waals surface area contributed by atoms with Gasteiger partial charge in [0.2, 0.25) is 0 Å². The van der Waals surface area contributed by atoms with Crippen molar-refractivity contribution in [2.45, 2.75) is 12.8 Å². The summed E-state index contributed by atoms with van der Waals surface area (Å²) in [5.74, 6) is 0. The number of aliphatic imine (C=N–C) groups is 1. The van der Waals surface area contributed by atoms with Gasteiger partial charge in [-0.25, -0.2) is 0 Å². The van der Waals surface area contributed by atoms with Crippen LogP contribution in [0.4, 0.5) is 0 Å². The van der Waals surface area contributed by atoms with Gasteiger partial charge in [-0.05, 0) is 42.2 Å². The van der Waals surface area contributed by atoms with Gasteiger partial charge in [0.1, 0.15) is 0 Å². The lowest BCUT2D eigenvalue weighted by molar-refractivity contribution is 0.837. The number of aryl methyl sites for hydroxylation is 1. The highest BCUT2D eigenvalue weighted by atomic mass is 32.1. The van der Waals surface area contributed by atoms with E-state index in [9.17, 15) is 0 Å². The fraction of sp³-hybridized carbons (Fsp3) is 0.136. The van der Waals surface area contributed by atoms with Crippen LogP contribution in [0.15, 0.2) is 77.8 Å². The topological polar surface area (TPSA) is 12.4 Å². The molecule has 0 saturated carbocycles. The molecule has 118 valence electrons. The zero-order chi connectivity index (χ0) is 16.2. The maximum atomic E-state index is 4.54. The fourth-order valence-electron chi connectivity index (χ4n) is 3.01. The normalized spacial score (nSPS) is 11.7. The van der Waals surface area contributed by atoms with Crippen molar-refractivity contribution in [3.8, 4) is 0 Å². The third-order valence-electron chi connectivity index (χ3n) is 4.23. The molecule has 4 rings (SSSR count). The lowest BCUT2D eigenvalue weighted by Crippen LogP contribution is -1.89. The molecule has 4 aromatic rings. The van der Waals surface area contributed by atoms with Crippen LogP contribution in [0.3, 0.4) is 0 Å². The van der Waals surface area contributed by atoms with Crippen LogP contribution in [-0.2, 0) is 6.42 Å². The molecule has 0 aliphatic rings. The Morgan fingerprint density at radius 3 is 2.50 bits per heavy atom. The smallest absolute Gasteiger partial charge is 0.0392 e. The molecule has 0 amide bonds. The van der Waals surface area contributed by atoms with Crippen molar-refractivity contribution in [1.82, 2.24) is 0 Å². The molecule has 0 saturated heterocycles. The minimum Gasteiger partial charge on any atom is -0.293 e. The van der Waals surface area contributed by atoms with Gasteiger partial charge in [0.15, 0.2) is 0 Å². The molecule has 0 N–H and O–H groups in total. The van der Waals surface area contributed by atoms with Crippen LogP contribution in [0.25, 0.3) is 20.2 Å². The molecule has 0 spiro atoms. The number of rotatable bonds is 5. The molecule has 1 heterocycles. The quantitative estimate of drug-likeness (QED) is 0.309. The van der Waals surface area contributed by atoms with Crippen LogP contribution in [0.5, 0.6) is 0 Å². The van der Waals surface area contributed by atoms with Crippen molar-refractivity contribution in [1.29, 1.82) is 0 Å². The van der Waals surface area contributed by atoms with E-state index >= 15 is 0 Å². The highest BCUT2D eigenvalue weighted by Gasteiger charge is 2.05. The van der Waals surface area contributed by atoms with E-state index in [1.54, 1.807) is 0 Å². The lowest BCUT2D eigenvalue weighted by Gasteiger charge is -2.01. The molecule has 0 bridgehead atoms. The molecule has 0 aliphatic carbocycles. The fourth-order valence-corrected chi connectivity index (χ4v) is 4.10. The Hall–Kier alpha value is -2.45. The van der Waals surface area contributed by atoms with E-state index in [0.717, 1.165) is 19.4 Å². The summed E-state index contributed by atoms with van der Waals surface area (Å²) in [5, 5.41) is 2.77. The van der Waals surface area contributed by atoms with Crippen molar-refractivity contribution >= 4 is 37.7 Å². The standard InChI is InChI=1S/C22H19NS/c1-2-7-18(8-3-1)16-23-14-6-9-17-12-13-22-20(15-17)19-10-4-5-11-21(19)24-22/h1-5,7-8,10-13,15-16H,6,9,14H2. The second-order valence-corrected chi connectivity index (χ2v) is 7.06. The first-order chi connectivity index (χ1) is 11.9. The monoisotopic (exact) mass is 329 g/mol. The molecule has 0 fully saturated rings. The number of hydrogen-bond donors (Lipinski definition) is 0. The van der Waals surface area contributed by atoms with Gasteiger partial charge in [0, 0.05) is 32.9 Å². The minimum atomic E-state index is 0.872. The molecule has 1 aromatic heterocycles. The summed E-state index contributed by atoms with van der Waals surface area (Å²) in [7, 11) is 0. The number of benzene rings is 3. The Morgan fingerprint density at radius 1 is 0.792 bits per heavy atom. The Balaban J connectivity index is 1.43. The van der Waals surface area contributed by atoms with Gasteiger partial charge in [0.25, 0.3) is 0 Å². The Labute approximate surface area is 146 Å². The average molecular weight is 329 g/mol. The molecule has 0 unspecified atom stereocenters. The van der Waals surface area contributed by atoms with Crippen LogP contribution < -0.4 is 0 Å². The molecule has 0 aliphatic heterocycles. The van der Waals surface area contributed by atoms with Crippen molar-refractivity contribution in [2.24, 2.45) is 4.99 Å². The molecule has 24 heavy (non-hydrogen) atoms. The van der Waals surface area contributed by atoms with Crippen molar-refractivity contribution in [2.75, 3.05) is 6.54 Å². The van der Waals surface area contributed by atoms with Crippen LogP contribution in [-0.4, -0.2) is 12.8 Å². The molecule has 1 nitrogen and oxygen atoms in total. The first-order valence-electron chi connectivity index (χ1n) is 8.35. The molecule has 0 radical (unpaired) electrons. The second-order valence-electron chi connectivity index (χ2n) is 5.98. The summed E-state index contributed by atoms with van der Waals surface area (Å²) in [4.78, 5) is 4.54. The van der Waals surface area contributed by atoms with E-state index < -0.39 is 0 Å². The number of fused-ring (bicyclic) bond motifs is 3. The number of hydrogen-bond acceptors (Lipinski definition) is 2. The van der Waals surface area contributed by atoms with E-state index in [-0.39, 0.29) is 0 Å². The molecule has 3 aromatic carbocycles. The first-order valence-corrected chi connectivity index (χ1v) is 9.17. The van der Waals surface area contributed by atoms with Gasteiger partial charge >= 0.3 is 0 Å². The van der Waals surface area contributed by atoms with E-state index in [1.165, 1.54) is 31.3 Å². The number of thiophene rings is 1. The van der Waals surface area contributed by atoms with E-state index in [2.05, 4.69) is 59.6 Å². The summed E-state index contributed by atoms with van der Waals surface area (Å²) < 4.78 is 2.75. The van der Waals surface area contributed by atoms with Crippen molar-refractivity contribution in [3.05, 3.63) is 83.9 Å². The zero-order valence-corrected chi connectivity index (χ0v) is 14.3. The van der Waals surface area contributed by atoms with Crippen molar-refractivity contribution < 1.29 is 0 Å². The van der Waals surface area contributed by atoms with Gasteiger partial charge in [-0.3, -0.25) is 4.99 Å². The van der Waals surface area contributed by atoms with E-state index in [0.29, 0.717) is 0 Å². The highest BCUT2D eigenvalue weighted by molar-refractivity contribution is 7.25. The van der Waals surface area contributed by atoms with Gasteiger partial charge in [-0.2, -0.15) is 0 Å². The zero-order valence-electron chi connectivity index (χ0n) is 13.5. The number of nitrogens with zero attached hydrogens (tertiary/aromatic N) is 1. The Morgan fingerprint density at radius 2 is 1.58 bits per heavy atom. The predicted molar refractivity (Wildman–Crippen MR) is 107 cm³/mol. The van der Waals surface area contributed by atoms with Crippen LogP contribution in [0, 0.1) is 0 Å². The van der Waals surface area contributed by atoms with Gasteiger partial charge in [-0.1, -0.05) is 54.6 Å². The summed E-state index contributed by atoms with van der Waals surface area (Å²) in [6, 6.07) is 25.8. The van der Waals surface area contributed by atoms with Crippen LogP contribution in [0.1, 0.15) is 17.5 Å². The summed E-state index contributed by atoms with van der Waals surface area (Å²) in [6.07, 6.45) is 4.12. The van der Waals surface area contributed by atoms with Gasteiger partial charge in [-0.15, -0.1) is 11.3 Å². The maximum Gasteiger partial charge on any atom is 0.0392 e. The lowest BCUT2D eigenvalue weighted by atomic mass is 10.1. The maximum absolute atomic E-state index is 4.54. The Kier molecular flexibility index (Phi) is 4.39. The molecule has 2 heteroatoms. The van der Waals surface area contributed by atoms with E-state index in [4.69, 9.17) is 0 Å². The summed E-state index contributed by atoms with van der Waals surface area (Å²) in [6.45, 7) is 0.872. The van der Waals surface area contributed by atoms with Crippen LogP contribution >= 0.6 is 11.3 Å². The predicted octanol–water partition coefficient (Wildman–Crippen LogP) is 6.11. The van der Waals surface area contributed by atoms with E-state index in [1.807, 2.05) is 35.8 Å². The highest BCUT2D eigenvalue weighted by Crippen LogP contribution is 2.34. The molecular formula is C22H19NS. The van der Waals surface area contributed by atoms with Crippen LogP contribution in [0.2, 0.25) is 0 Å². The Bertz CT molecular complexity index is 983. The molecular weight excluding hydrogens is 310 g/mol. The van der Waals surface area contributed by atoms with Gasteiger partial charge in [0.05, 0.1) is 0 Å². The largest absolute Gasteiger partial charge is 0.293 e.